The van der Waals surface area contributed by atoms with Crippen LogP contribution in [-0.2, 0) is 10.8 Å². The van der Waals surface area contributed by atoms with Crippen LogP contribution in [0, 0.1) is 0 Å². The van der Waals surface area contributed by atoms with E-state index in [0.29, 0.717) is 18.0 Å². The van der Waals surface area contributed by atoms with Crippen LogP contribution in [0.5, 0.6) is 0 Å². The Bertz CT molecular complexity index is 899. The summed E-state index contributed by atoms with van der Waals surface area (Å²) in [6.07, 6.45) is 1.07. The highest BCUT2D eigenvalue weighted by Crippen LogP contribution is 2.35. The van der Waals surface area contributed by atoms with Crippen LogP contribution in [0.1, 0.15) is 76.1 Å². The molecule has 0 spiro atoms. The molecule has 3 rings (SSSR count). The van der Waals surface area contributed by atoms with Crippen LogP contribution >= 0.6 is 0 Å². The topological polar surface area (TPSA) is 36.1 Å². The van der Waals surface area contributed by atoms with E-state index in [4.69, 9.17) is 0 Å². The molecular weight excluding hydrogens is 430 g/mol. The van der Waals surface area contributed by atoms with Crippen LogP contribution in [0.15, 0.2) is 60.9 Å². The molecule has 0 radical (unpaired) electrons. The summed E-state index contributed by atoms with van der Waals surface area (Å²) in [6.45, 7) is 25.8. The predicted octanol–water partition coefficient (Wildman–Crippen LogP) is 6.63. The Morgan fingerprint density at radius 3 is 1.68 bits per heavy atom. The molecule has 1 saturated heterocycles. The van der Waals surface area contributed by atoms with Crippen molar-refractivity contribution >= 4 is 8.24 Å². The predicted molar refractivity (Wildman–Crippen MR) is 151 cm³/mol. The van der Waals surface area contributed by atoms with Crippen molar-refractivity contribution in [3.05, 3.63) is 83.2 Å². The van der Waals surface area contributed by atoms with E-state index in [-0.39, 0.29) is 10.8 Å². The molecular formula is C30H47N3Si. The van der Waals surface area contributed by atoms with E-state index in [1.165, 1.54) is 22.3 Å². The van der Waals surface area contributed by atoms with Gasteiger partial charge in [0.05, 0.1) is 5.82 Å². The summed E-state index contributed by atoms with van der Waals surface area (Å²) in [5.41, 5.74) is 5.85. The highest BCUT2D eigenvalue weighted by molar-refractivity contribution is 6.74. The molecule has 2 aromatic carbocycles. The summed E-state index contributed by atoms with van der Waals surface area (Å²) < 4.78 is 0. The third-order valence-electron chi connectivity index (χ3n) is 6.74. The van der Waals surface area contributed by atoms with Gasteiger partial charge >= 0.3 is 0 Å². The second kappa shape index (κ2) is 9.91. The Labute approximate surface area is 209 Å². The molecule has 2 aromatic rings. The van der Waals surface area contributed by atoms with Crippen LogP contribution in [0.4, 0.5) is 0 Å². The molecule has 4 heteroatoms. The highest BCUT2D eigenvalue weighted by atomic mass is 28.3. The molecule has 34 heavy (non-hydrogen) atoms. The van der Waals surface area contributed by atoms with Crippen molar-refractivity contribution in [2.45, 2.75) is 96.4 Å². The van der Waals surface area contributed by atoms with Crippen molar-refractivity contribution < 1.29 is 0 Å². The fraction of sp³-hybridized carbons (Fsp3) is 0.533. The van der Waals surface area contributed by atoms with Gasteiger partial charge in [-0.2, -0.15) is 0 Å². The molecule has 3 N–H and O–H groups in total. The molecule has 1 heterocycles. The molecule has 1 fully saturated rings. The number of benzene rings is 2. The van der Waals surface area contributed by atoms with Gasteiger partial charge in [0.25, 0.3) is 0 Å². The van der Waals surface area contributed by atoms with Gasteiger partial charge in [0.2, 0.25) is 0 Å². The van der Waals surface area contributed by atoms with Crippen LogP contribution in [-0.4, -0.2) is 26.9 Å². The molecule has 0 aliphatic carbocycles. The van der Waals surface area contributed by atoms with Crippen molar-refractivity contribution in [2.24, 2.45) is 0 Å². The first-order valence-corrected chi connectivity index (χ1v) is 16.3. The van der Waals surface area contributed by atoms with Crippen LogP contribution < -0.4 is 15.6 Å². The van der Waals surface area contributed by atoms with E-state index >= 15 is 0 Å². The highest BCUT2D eigenvalue weighted by Gasteiger charge is 2.33. The quantitative estimate of drug-likeness (QED) is 0.392. The van der Waals surface area contributed by atoms with Gasteiger partial charge in [0.1, 0.15) is 8.24 Å². The molecule has 0 saturated carbocycles. The second-order valence-electron chi connectivity index (χ2n) is 13.2. The van der Waals surface area contributed by atoms with Gasteiger partial charge in [-0.25, -0.2) is 0 Å². The zero-order valence-corrected chi connectivity index (χ0v) is 24.0. The van der Waals surface area contributed by atoms with Crippen molar-refractivity contribution in [3.63, 3.8) is 0 Å². The Kier molecular flexibility index (Phi) is 7.74. The third-order valence-corrected chi connectivity index (χ3v) is 7.79. The van der Waals surface area contributed by atoms with Crippen LogP contribution in [0.25, 0.3) is 0 Å². The Morgan fingerprint density at radius 1 is 0.853 bits per heavy atom. The first-order chi connectivity index (χ1) is 15.6. The summed E-state index contributed by atoms with van der Waals surface area (Å²) >= 11 is 0. The fourth-order valence-electron chi connectivity index (χ4n) is 4.90. The molecule has 0 bridgehead atoms. The summed E-state index contributed by atoms with van der Waals surface area (Å²) in [7, 11) is -1.41. The van der Waals surface area contributed by atoms with E-state index in [1.807, 2.05) is 0 Å². The maximum absolute atomic E-state index is 4.24. The Morgan fingerprint density at radius 2 is 1.29 bits per heavy atom. The minimum atomic E-state index is -1.41. The lowest BCUT2D eigenvalue weighted by Crippen LogP contribution is -2.46. The van der Waals surface area contributed by atoms with Gasteiger partial charge in [0.15, 0.2) is 0 Å². The molecule has 0 amide bonds. The summed E-state index contributed by atoms with van der Waals surface area (Å²) in [6, 6.07) is 19.4. The monoisotopic (exact) mass is 477 g/mol. The van der Waals surface area contributed by atoms with Gasteiger partial charge in [-0.1, -0.05) is 116 Å². The molecule has 0 unspecified atom stereocenters. The summed E-state index contributed by atoms with van der Waals surface area (Å²) in [5.74, 6) is 1.28. The lowest BCUT2D eigenvalue weighted by Gasteiger charge is -2.28. The molecule has 0 aromatic heterocycles. The summed E-state index contributed by atoms with van der Waals surface area (Å²) in [4.78, 5) is 3.60. The first-order valence-electron chi connectivity index (χ1n) is 12.8. The SMILES string of the molecule is C=C(N[C@H]1CN[C@@H](C(c2ccc(C(C)(C)C)cc2)c2ccc(C(C)(C)C)cc2)C1)N[Si](C)(C)C. The second-order valence-corrected chi connectivity index (χ2v) is 17.9. The summed E-state index contributed by atoms with van der Waals surface area (Å²) in [5, 5.41) is 7.49. The average molecular weight is 478 g/mol. The molecule has 1 aliphatic heterocycles. The van der Waals surface area contributed by atoms with Crippen molar-refractivity contribution in [1.29, 1.82) is 0 Å². The molecule has 186 valence electrons. The van der Waals surface area contributed by atoms with Crippen LogP contribution in [0.3, 0.4) is 0 Å². The smallest absolute Gasteiger partial charge is 0.145 e. The number of rotatable bonds is 7. The fourth-order valence-corrected chi connectivity index (χ4v) is 5.88. The van der Waals surface area contributed by atoms with Crippen molar-refractivity contribution in [2.75, 3.05) is 6.54 Å². The maximum Gasteiger partial charge on any atom is 0.145 e. The van der Waals surface area contributed by atoms with E-state index in [2.05, 4.69) is 132 Å². The van der Waals surface area contributed by atoms with E-state index < -0.39 is 8.24 Å². The van der Waals surface area contributed by atoms with Gasteiger partial charge in [-0.05, 0) is 39.5 Å². The standard InChI is InChI=1S/C30H47N3Si/c1-21(33-34(8,9)10)32-26-19-27(31-20-26)28(22-11-15-24(16-12-22)29(2,3)4)23-13-17-25(18-14-23)30(5,6)7/h11-18,26-28,31-33H,1,19-20H2,2-10H3/t26-,27-/m1/s1. The number of hydrogen-bond acceptors (Lipinski definition) is 3. The maximum atomic E-state index is 4.24. The zero-order valence-electron chi connectivity index (χ0n) is 23.0. The van der Waals surface area contributed by atoms with Gasteiger partial charge in [-0.3, -0.25) is 0 Å². The lowest BCUT2D eigenvalue weighted by molar-refractivity contribution is 0.521. The van der Waals surface area contributed by atoms with E-state index in [9.17, 15) is 0 Å². The van der Waals surface area contributed by atoms with Gasteiger partial charge < -0.3 is 15.6 Å². The minimum absolute atomic E-state index is 0.159. The average Bonchev–Trinajstić information content (AvgIpc) is 3.14. The van der Waals surface area contributed by atoms with E-state index in [1.54, 1.807) is 0 Å². The largest absolute Gasteiger partial charge is 0.398 e. The number of nitrogens with one attached hydrogen (secondary N) is 3. The normalized spacial score (nSPS) is 19.4. The Balaban J connectivity index is 1.86. The third kappa shape index (κ3) is 6.99. The van der Waals surface area contributed by atoms with Gasteiger partial charge in [0, 0.05) is 24.5 Å². The first kappa shape index (κ1) is 26.6. The zero-order chi connectivity index (χ0) is 25.3. The molecule has 2 atom stereocenters. The minimum Gasteiger partial charge on any atom is -0.398 e. The lowest BCUT2D eigenvalue weighted by atomic mass is 9.80. The molecule has 1 aliphatic rings. The Hall–Kier alpha value is -2.04. The number of hydrogen-bond donors (Lipinski definition) is 3. The van der Waals surface area contributed by atoms with Crippen molar-refractivity contribution in [1.82, 2.24) is 15.6 Å². The van der Waals surface area contributed by atoms with Crippen LogP contribution in [0.2, 0.25) is 19.6 Å². The van der Waals surface area contributed by atoms with Crippen molar-refractivity contribution in [3.8, 4) is 0 Å². The van der Waals surface area contributed by atoms with E-state index in [0.717, 1.165) is 18.8 Å². The van der Waals surface area contributed by atoms with Gasteiger partial charge in [-0.15, -0.1) is 0 Å². The molecule has 3 nitrogen and oxygen atoms in total.